The summed E-state index contributed by atoms with van der Waals surface area (Å²) in [6.07, 6.45) is 1.47. The fourth-order valence-corrected chi connectivity index (χ4v) is 5.68. The van der Waals surface area contributed by atoms with E-state index < -0.39 is 28.3 Å². The van der Waals surface area contributed by atoms with Crippen LogP contribution in [0.15, 0.2) is 64.2 Å². The average molecular weight is 447 g/mol. The second-order valence-corrected chi connectivity index (χ2v) is 9.66. The molecule has 8 heteroatoms. The third kappa shape index (κ3) is 4.71. The number of nitrogens with zero attached hydrogens (tertiary/aromatic N) is 1. The molecule has 1 aromatic heterocycles. The molecule has 0 unspecified atom stereocenters. The van der Waals surface area contributed by atoms with Gasteiger partial charge in [-0.1, -0.05) is 38.1 Å². The van der Waals surface area contributed by atoms with Crippen molar-refractivity contribution in [2.24, 2.45) is 0 Å². The number of sulfonamides is 1. The number of hydrogen-bond acceptors (Lipinski definition) is 4. The number of halogens is 1. The minimum absolute atomic E-state index is 0.114. The summed E-state index contributed by atoms with van der Waals surface area (Å²) in [7, 11) is -3.97. The number of rotatable bonds is 8. The molecule has 0 atom stereocenters. The molecule has 0 spiro atoms. The molecule has 158 valence electrons. The number of nitrogens with one attached hydrogen (secondary N) is 1. The van der Waals surface area contributed by atoms with E-state index in [1.807, 2.05) is 32.0 Å². The van der Waals surface area contributed by atoms with Crippen LogP contribution >= 0.6 is 11.3 Å². The number of carbonyl (C=O) groups is 1. The van der Waals surface area contributed by atoms with Crippen LogP contribution in [0.2, 0.25) is 0 Å². The minimum atomic E-state index is -3.97. The summed E-state index contributed by atoms with van der Waals surface area (Å²) < 4.78 is 40.9. The molecule has 0 bridgehead atoms. The van der Waals surface area contributed by atoms with Crippen molar-refractivity contribution in [1.29, 1.82) is 0 Å². The standard InChI is InChI=1S/C22H23FN2O3S2/c1-3-16-7-5-8-17(4-2)22(16)24-20(26)15-25(19-12-10-18(23)11-13-19)30(27,28)21-9-6-14-29-21/h5-14H,3-4,15H2,1-2H3,(H,24,26). The van der Waals surface area contributed by atoms with Crippen molar-refractivity contribution in [1.82, 2.24) is 0 Å². The van der Waals surface area contributed by atoms with Crippen LogP contribution in [0.25, 0.3) is 0 Å². The zero-order chi connectivity index (χ0) is 21.7. The fourth-order valence-electron chi connectivity index (χ4n) is 3.15. The summed E-state index contributed by atoms with van der Waals surface area (Å²) in [5.74, 6) is -0.948. The first-order chi connectivity index (χ1) is 14.4. The van der Waals surface area contributed by atoms with Crippen LogP contribution in [0.3, 0.4) is 0 Å². The molecule has 3 aromatic rings. The van der Waals surface area contributed by atoms with Gasteiger partial charge in [0.15, 0.2) is 0 Å². The lowest BCUT2D eigenvalue weighted by molar-refractivity contribution is -0.114. The van der Waals surface area contributed by atoms with Gasteiger partial charge in [-0.2, -0.15) is 0 Å². The summed E-state index contributed by atoms with van der Waals surface area (Å²) in [4.78, 5) is 12.9. The van der Waals surface area contributed by atoms with E-state index in [0.29, 0.717) is 0 Å². The van der Waals surface area contributed by atoms with E-state index in [1.54, 1.807) is 11.4 Å². The van der Waals surface area contributed by atoms with Crippen LogP contribution in [0.4, 0.5) is 15.8 Å². The molecule has 2 aromatic carbocycles. The van der Waals surface area contributed by atoms with Gasteiger partial charge in [0.25, 0.3) is 10.0 Å². The fraction of sp³-hybridized carbons (Fsp3) is 0.227. The minimum Gasteiger partial charge on any atom is -0.324 e. The maximum atomic E-state index is 13.4. The molecule has 0 aliphatic carbocycles. The molecule has 1 N–H and O–H groups in total. The molecule has 0 saturated carbocycles. The number of amides is 1. The first-order valence-corrected chi connectivity index (χ1v) is 11.9. The van der Waals surface area contributed by atoms with E-state index >= 15 is 0 Å². The molecule has 1 heterocycles. The number of hydrogen-bond donors (Lipinski definition) is 1. The highest BCUT2D eigenvalue weighted by atomic mass is 32.2. The monoisotopic (exact) mass is 446 g/mol. The maximum absolute atomic E-state index is 13.4. The van der Waals surface area contributed by atoms with Gasteiger partial charge >= 0.3 is 0 Å². The summed E-state index contributed by atoms with van der Waals surface area (Å²) >= 11 is 1.06. The quantitative estimate of drug-likeness (QED) is 0.538. The van der Waals surface area contributed by atoms with Gasteiger partial charge in [0.05, 0.1) is 5.69 Å². The maximum Gasteiger partial charge on any atom is 0.274 e. The molecule has 0 fully saturated rings. The van der Waals surface area contributed by atoms with E-state index in [4.69, 9.17) is 0 Å². The summed E-state index contributed by atoms with van der Waals surface area (Å²) in [5, 5.41) is 4.55. The Balaban J connectivity index is 1.94. The highest BCUT2D eigenvalue weighted by Crippen LogP contribution is 2.27. The number of carbonyl (C=O) groups excluding carboxylic acids is 1. The number of aryl methyl sites for hydroxylation is 2. The van der Waals surface area contributed by atoms with Crippen molar-refractivity contribution >= 4 is 38.6 Å². The first-order valence-electron chi connectivity index (χ1n) is 9.59. The van der Waals surface area contributed by atoms with Gasteiger partial charge in [-0.05, 0) is 59.7 Å². The Morgan fingerprint density at radius 1 is 1.00 bits per heavy atom. The largest absolute Gasteiger partial charge is 0.324 e. The molecular formula is C22H23FN2O3S2. The van der Waals surface area contributed by atoms with E-state index in [0.717, 1.165) is 45.3 Å². The second kappa shape index (κ2) is 9.40. The van der Waals surface area contributed by atoms with Crippen LogP contribution in [-0.2, 0) is 27.7 Å². The van der Waals surface area contributed by atoms with Gasteiger partial charge in [0.1, 0.15) is 16.6 Å². The van der Waals surface area contributed by atoms with Crippen LogP contribution < -0.4 is 9.62 Å². The van der Waals surface area contributed by atoms with Gasteiger partial charge in [0, 0.05) is 5.69 Å². The summed E-state index contributed by atoms with van der Waals surface area (Å²) in [6, 6.07) is 14.0. The van der Waals surface area contributed by atoms with Gasteiger partial charge in [-0.15, -0.1) is 11.3 Å². The molecule has 0 aliphatic rings. The van der Waals surface area contributed by atoms with Crippen molar-refractivity contribution in [3.63, 3.8) is 0 Å². The lowest BCUT2D eigenvalue weighted by atomic mass is 10.0. The van der Waals surface area contributed by atoms with Crippen molar-refractivity contribution in [2.75, 3.05) is 16.2 Å². The lowest BCUT2D eigenvalue weighted by Crippen LogP contribution is -2.38. The smallest absolute Gasteiger partial charge is 0.274 e. The number of para-hydroxylation sites is 1. The van der Waals surface area contributed by atoms with E-state index in [2.05, 4.69) is 5.32 Å². The third-order valence-corrected chi connectivity index (χ3v) is 7.85. The van der Waals surface area contributed by atoms with Crippen LogP contribution in [0, 0.1) is 5.82 Å². The molecule has 5 nitrogen and oxygen atoms in total. The molecule has 3 rings (SSSR count). The number of anilines is 2. The zero-order valence-corrected chi connectivity index (χ0v) is 18.4. The van der Waals surface area contributed by atoms with E-state index in [1.165, 1.54) is 30.3 Å². The molecule has 1 amide bonds. The second-order valence-electron chi connectivity index (χ2n) is 6.63. The Hall–Kier alpha value is -2.71. The van der Waals surface area contributed by atoms with Crippen molar-refractivity contribution in [3.8, 4) is 0 Å². The number of benzene rings is 2. The Morgan fingerprint density at radius 2 is 1.63 bits per heavy atom. The van der Waals surface area contributed by atoms with Crippen molar-refractivity contribution in [2.45, 2.75) is 30.9 Å². The lowest BCUT2D eigenvalue weighted by Gasteiger charge is -2.24. The number of thiophene rings is 1. The molecule has 0 radical (unpaired) electrons. The molecule has 0 saturated heterocycles. The first kappa shape index (κ1) is 22.0. The average Bonchev–Trinajstić information content (AvgIpc) is 3.29. The van der Waals surface area contributed by atoms with Gasteiger partial charge in [0.2, 0.25) is 5.91 Å². The van der Waals surface area contributed by atoms with Gasteiger partial charge < -0.3 is 5.32 Å². The van der Waals surface area contributed by atoms with Crippen LogP contribution in [0.1, 0.15) is 25.0 Å². The summed E-state index contributed by atoms with van der Waals surface area (Å²) in [6.45, 7) is 3.57. The SMILES string of the molecule is CCc1cccc(CC)c1NC(=O)CN(c1ccc(F)cc1)S(=O)(=O)c1cccs1. The Bertz CT molecular complexity index is 1090. The van der Waals surface area contributed by atoms with Gasteiger partial charge in [-0.25, -0.2) is 12.8 Å². The predicted molar refractivity (Wildman–Crippen MR) is 119 cm³/mol. The molecule has 0 aliphatic heterocycles. The summed E-state index contributed by atoms with van der Waals surface area (Å²) in [5.41, 5.74) is 2.91. The Morgan fingerprint density at radius 3 is 2.17 bits per heavy atom. The third-order valence-electron chi connectivity index (χ3n) is 4.70. The predicted octanol–water partition coefficient (Wildman–Crippen LogP) is 4.85. The van der Waals surface area contributed by atoms with E-state index in [9.17, 15) is 17.6 Å². The zero-order valence-electron chi connectivity index (χ0n) is 16.8. The molecular weight excluding hydrogens is 423 g/mol. The van der Waals surface area contributed by atoms with Crippen LogP contribution in [0.5, 0.6) is 0 Å². The highest BCUT2D eigenvalue weighted by Gasteiger charge is 2.28. The Labute approximate surface area is 180 Å². The topological polar surface area (TPSA) is 66.5 Å². The van der Waals surface area contributed by atoms with Crippen molar-refractivity contribution in [3.05, 3.63) is 76.9 Å². The normalized spacial score (nSPS) is 11.3. The molecule has 30 heavy (non-hydrogen) atoms. The van der Waals surface area contributed by atoms with Gasteiger partial charge in [-0.3, -0.25) is 9.10 Å². The Kier molecular flexibility index (Phi) is 6.89. The highest BCUT2D eigenvalue weighted by molar-refractivity contribution is 7.94. The van der Waals surface area contributed by atoms with Crippen LogP contribution in [-0.4, -0.2) is 20.9 Å². The van der Waals surface area contributed by atoms with E-state index in [-0.39, 0.29) is 9.90 Å². The van der Waals surface area contributed by atoms with Crippen molar-refractivity contribution < 1.29 is 17.6 Å².